The summed E-state index contributed by atoms with van der Waals surface area (Å²) in [7, 11) is 0. The summed E-state index contributed by atoms with van der Waals surface area (Å²) in [5.41, 5.74) is 0.862. The number of rotatable bonds is 3. The summed E-state index contributed by atoms with van der Waals surface area (Å²) in [5.74, 6) is 0. The van der Waals surface area contributed by atoms with Crippen molar-refractivity contribution in [3.05, 3.63) is 20.8 Å². The molecule has 1 heterocycles. The fraction of sp³-hybridized carbons (Fsp3) is 0.429. The Morgan fingerprint density at radius 2 is 2.15 bits per heavy atom. The van der Waals surface area contributed by atoms with Gasteiger partial charge in [-0.3, -0.25) is 0 Å². The Kier molecular flexibility index (Phi) is 3.75. The van der Waals surface area contributed by atoms with Gasteiger partial charge in [0.2, 0.25) is 0 Å². The molecule has 6 heteroatoms. The highest BCUT2D eigenvalue weighted by Gasteiger charge is 2.25. The van der Waals surface area contributed by atoms with Crippen LogP contribution in [-0.2, 0) is 6.54 Å². The quantitative estimate of drug-likeness (QED) is 0.892. The molecule has 0 bridgehead atoms. The van der Waals surface area contributed by atoms with Crippen molar-refractivity contribution in [3.8, 4) is 0 Å². The number of halogens is 4. The minimum absolute atomic E-state index is 0.252. The van der Waals surface area contributed by atoms with Crippen molar-refractivity contribution in [2.75, 3.05) is 6.54 Å². The van der Waals surface area contributed by atoms with Gasteiger partial charge in [-0.2, -0.15) is 13.2 Å². The number of nitrogens with one attached hydrogen (secondary N) is 1. The predicted molar refractivity (Wildman–Crippen MR) is 49.8 cm³/mol. The van der Waals surface area contributed by atoms with Crippen molar-refractivity contribution in [2.24, 2.45) is 0 Å². The van der Waals surface area contributed by atoms with E-state index in [1.807, 2.05) is 5.38 Å². The summed E-state index contributed by atoms with van der Waals surface area (Å²) in [6.45, 7) is -0.692. The van der Waals surface area contributed by atoms with Crippen LogP contribution in [0.1, 0.15) is 5.56 Å². The van der Waals surface area contributed by atoms with Gasteiger partial charge >= 0.3 is 6.18 Å². The fourth-order valence-corrected chi connectivity index (χ4v) is 2.00. The Balaban J connectivity index is 2.28. The van der Waals surface area contributed by atoms with E-state index in [-0.39, 0.29) is 6.54 Å². The van der Waals surface area contributed by atoms with Crippen molar-refractivity contribution in [3.63, 3.8) is 0 Å². The first-order valence-corrected chi connectivity index (χ1v) is 5.15. The Bertz CT molecular complexity index is 271. The zero-order valence-corrected chi connectivity index (χ0v) is 8.89. The molecule has 0 spiro atoms. The molecule has 1 aromatic rings. The highest BCUT2D eigenvalue weighted by molar-refractivity contribution is 9.11. The molecule has 0 saturated heterocycles. The number of hydrogen-bond donors (Lipinski definition) is 1. The van der Waals surface area contributed by atoms with Crippen molar-refractivity contribution in [1.29, 1.82) is 0 Å². The zero-order chi connectivity index (χ0) is 9.90. The lowest BCUT2D eigenvalue weighted by Crippen LogP contribution is -2.28. The second-order valence-corrected chi connectivity index (χ2v) is 4.77. The van der Waals surface area contributed by atoms with E-state index < -0.39 is 12.7 Å². The van der Waals surface area contributed by atoms with Crippen LogP contribution in [0.3, 0.4) is 0 Å². The molecule has 0 aliphatic heterocycles. The molecular weight excluding hydrogens is 267 g/mol. The third-order valence-corrected chi connectivity index (χ3v) is 2.83. The molecule has 0 aliphatic carbocycles. The highest BCUT2D eigenvalue weighted by atomic mass is 79.9. The van der Waals surface area contributed by atoms with Crippen LogP contribution in [0.15, 0.2) is 15.2 Å². The van der Waals surface area contributed by atoms with Crippen molar-refractivity contribution < 1.29 is 13.2 Å². The van der Waals surface area contributed by atoms with Gasteiger partial charge in [-0.05, 0) is 32.9 Å². The van der Waals surface area contributed by atoms with E-state index in [1.54, 1.807) is 6.07 Å². The van der Waals surface area contributed by atoms with Crippen LogP contribution >= 0.6 is 27.3 Å². The summed E-state index contributed by atoms with van der Waals surface area (Å²) in [6, 6.07) is 1.80. The Morgan fingerprint density at radius 1 is 1.46 bits per heavy atom. The maximum Gasteiger partial charge on any atom is 0.401 e. The van der Waals surface area contributed by atoms with Crippen LogP contribution in [0.25, 0.3) is 0 Å². The van der Waals surface area contributed by atoms with Gasteiger partial charge in [0.25, 0.3) is 0 Å². The van der Waals surface area contributed by atoms with E-state index in [4.69, 9.17) is 0 Å². The maximum absolute atomic E-state index is 11.7. The van der Waals surface area contributed by atoms with Crippen molar-refractivity contribution in [1.82, 2.24) is 5.32 Å². The molecule has 0 fully saturated rings. The topological polar surface area (TPSA) is 12.0 Å². The molecule has 1 aromatic heterocycles. The van der Waals surface area contributed by atoms with Gasteiger partial charge in [-0.25, -0.2) is 0 Å². The second kappa shape index (κ2) is 4.43. The van der Waals surface area contributed by atoms with Crippen molar-refractivity contribution in [2.45, 2.75) is 12.7 Å². The van der Waals surface area contributed by atoms with Crippen LogP contribution in [0.4, 0.5) is 13.2 Å². The predicted octanol–water partition coefficient (Wildman–Crippen LogP) is 3.16. The van der Waals surface area contributed by atoms with E-state index in [0.29, 0.717) is 0 Å². The third-order valence-electron chi connectivity index (χ3n) is 1.28. The lowest BCUT2D eigenvalue weighted by atomic mass is 10.3. The minimum Gasteiger partial charge on any atom is -0.305 e. The molecular formula is C7H7BrF3NS. The highest BCUT2D eigenvalue weighted by Crippen LogP contribution is 2.20. The standard InChI is InChI=1S/C7H7BrF3NS/c8-6-1-5(3-13-6)2-12-4-7(9,10)11/h1,3,12H,2,4H2. The lowest BCUT2D eigenvalue weighted by molar-refractivity contribution is -0.125. The number of thiophene rings is 1. The van der Waals surface area contributed by atoms with E-state index >= 15 is 0 Å². The summed E-state index contributed by atoms with van der Waals surface area (Å²) < 4.78 is 36.0. The first-order valence-electron chi connectivity index (χ1n) is 3.48. The van der Waals surface area contributed by atoms with E-state index in [2.05, 4.69) is 21.2 Å². The summed E-state index contributed by atoms with van der Waals surface area (Å²) in [6.07, 6.45) is -4.13. The molecule has 0 aliphatic rings. The molecule has 74 valence electrons. The first kappa shape index (κ1) is 11.0. The van der Waals surface area contributed by atoms with Crippen LogP contribution in [0, 0.1) is 0 Å². The largest absolute Gasteiger partial charge is 0.401 e. The number of alkyl halides is 3. The molecule has 0 radical (unpaired) electrons. The first-order chi connectivity index (χ1) is 5.97. The second-order valence-electron chi connectivity index (χ2n) is 2.48. The number of hydrogen-bond acceptors (Lipinski definition) is 2. The summed E-state index contributed by atoms with van der Waals surface area (Å²) >= 11 is 4.69. The van der Waals surface area contributed by atoms with Gasteiger partial charge in [0.1, 0.15) is 0 Å². The van der Waals surface area contributed by atoms with Gasteiger partial charge in [0.15, 0.2) is 0 Å². The third kappa shape index (κ3) is 4.64. The van der Waals surface area contributed by atoms with Crippen molar-refractivity contribution >= 4 is 27.3 Å². The summed E-state index contributed by atoms with van der Waals surface area (Å²) in [5, 5.41) is 4.13. The van der Waals surface area contributed by atoms with E-state index in [9.17, 15) is 13.2 Å². The molecule has 1 rings (SSSR count). The van der Waals surface area contributed by atoms with Gasteiger partial charge in [-0.15, -0.1) is 11.3 Å². The molecule has 0 saturated carbocycles. The SMILES string of the molecule is FC(F)(F)CNCc1csc(Br)c1. The molecule has 1 nitrogen and oxygen atoms in total. The van der Waals surface area contributed by atoms with Gasteiger partial charge in [0.05, 0.1) is 10.3 Å². The smallest absolute Gasteiger partial charge is 0.305 e. The Hall–Kier alpha value is -0.0700. The summed E-state index contributed by atoms with van der Waals surface area (Å²) in [4.78, 5) is 0. The van der Waals surface area contributed by atoms with E-state index in [0.717, 1.165) is 9.35 Å². The fourth-order valence-electron chi connectivity index (χ4n) is 0.787. The zero-order valence-electron chi connectivity index (χ0n) is 6.49. The average Bonchev–Trinajstić information content (AvgIpc) is 2.33. The van der Waals surface area contributed by atoms with Crippen LogP contribution < -0.4 is 5.32 Å². The molecule has 13 heavy (non-hydrogen) atoms. The van der Waals surface area contributed by atoms with Gasteiger partial charge < -0.3 is 5.32 Å². The normalized spacial score (nSPS) is 12.0. The van der Waals surface area contributed by atoms with Gasteiger partial charge in [-0.1, -0.05) is 0 Å². The molecule has 0 unspecified atom stereocenters. The molecule has 0 amide bonds. The molecule has 0 aromatic carbocycles. The molecule has 0 atom stereocenters. The van der Waals surface area contributed by atoms with Crippen LogP contribution in [0.5, 0.6) is 0 Å². The van der Waals surface area contributed by atoms with E-state index in [1.165, 1.54) is 11.3 Å². The average molecular weight is 274 g/mol. The Labute approximate surface area is 86.1 Å². The Morgan fingerprint density at radius 3 is 2.62 bits per heavy atom. The maximum atomic E-state index is 11.7. The van der Waals surface area contributed by atoms with Crippen LogP contribution in [0.2, 0.25) is 0 Å². The van der Waals surface area contributed by atoms with Crippen LogP contribution in [-0.4, -0.2) is 12.7 Å². The van der Waals surface area contributed by atoms with Gasteiger partial charge in [0, 0.05) is 6.54 Å². The minimum atomic E-state index is -4.13. The lowest BCUT2D eigenvalue weighted by Gasteiger charge is -2.06. The monoisotopic (exact) mass is 273 g/mol. The molecule has 1 N–H and O–H groups in total.